The minimum absolute atomic E-state index is 0.0836. The smallest absolute Gasteiger partial charge is 0.255 e. The number of hydrogen-bond acceptors (Lipinski definition) is 3. The number of carbonyl (C=O) groups is 2. The number of ketones is 1. The minimum Gasteiger partial charge on any atom is -0.492 e. The number of rotatable bonds is 8. The number of ether oxygens (including phenoxy) is 1. The molecule has 156 valence electrons. The third-order valence-electron chi connectivity index (χ3n) is 5.19. The molecule has 3 rings (SSSR count). The van der Waals surface area contributed by atoms with E-state index in [9.17, 15) is 14.0 Å². The second-order valence-corrected chi connectivity index (χ2v) is 7.85. The molecular weight excluding hydrogens is 381 g/mol. The molecule has 4 nitrogen and oxygen atoms in total. The zero-order chi connectivity index (χ0) is 21.7. The maximum Gasteiger partial charge on any atom is 0.255 e. The van der Waals surface area contributed by atoms with E-state index in [4.69, 9.17) is 4.74 Å². The summed E-state index contributed by atoms with van der Waals surface area (Å²) in [6, 6.07) is 18.1. The van der Waals surface area contributed by atoms with Crippen LogP contribution in [0, 0.1) is 5.82 Å². The van der Waals surface area contributed by atoms with Gasteiger partial charge in [-0.15, -0.1) is 0 Å². The second-order valence-electron chi connectivity index (χ2n) is 7.85. The number of Topliss-reactive ketones (excluding diaryl/α,β-unsaturated/α-hetero) is 1. The number of halogens is 1. The van der Waals surface area contributed by atoms with Crippen molar-refractivity contribution >= 4 is 22.5 Å². The third-order valence-corrected chi connectivity index (χ3v) is 5.19. The first kappa shape index (κ1) is 21.5. The zero-order valence-electron chi connectivity index (χ0n) is 17.5. The topological polar surface area (TPSA) is 55.4 Å². The lowest BCUT2D eigenvalue weighted by Crippen LogP contribution is -2.48. The Morgan fingerprint density at radius 3 is 2.30 bits per heavy atom. The first-order chi connectivity index (χ1) is 14.3. The van der Waals surface area contributed by atoms with Gasteiger partial charge in [0.1, 0.15) is 11.6 Å². The molecule has 30 heavy (non-hydrogen) atoms. The van der Waals surface area contributed by atoms with Crippen molar-refractivity contribution in [3.63, 3.8) is 0 Å². The molecule has 1 N–H and O–H groups in total. The van der Waals surface area contributed by atoms with Crippen molar-refractivity contribution in [3.8, 4) is 5.75 Å². The van der Waals surface area contributed by atoms with Crippen LogP contribution in [0.5, 0.6) is 5.75 Å². The number of carbonyl (C=O) groups excluding carboxylic acids is 2. The molecule has 0 spiro atoms. The molecule has 0 aliphatic heterocycles. The Balaban J connectivity index is 1.88. The van der Waals surface area contributed by atoms with Crippen molar-refractivity contribution < 1.29 is 18.7 Å². The standard InChI is InChI=1S/C25H26FNO3/c1-17(28)25(2,3)27-24(29)21-16-22(26)19-13-7-8-14-20(19)23(21)30-15-9-12-18-10-5-4-6-11-18/h4-8,10-11,13-14,16H,9,12,15H2,1-3H3,(H,27,29). The van der Waals surface area contributed by atoms with E-state index >= 15 is 0 Å². The molecule has 0 atom stereocenters. The molecule has 3 aromatic carbocycles. The Kier molecular flexibility index (Phi) is 6.50. The fraction of sp³-hybridized carbons (Fsp3) is 0.280. The Labute approximate surface area is 176 Å². The molecule has 0 bridgehead atoms. The molecule has 0 saturated carbocycles. The molecule has 0 radical (unpaired) electrons. The van der Waals surface area contributed by atoms with Gasteiger partial charge in [0.15, 0.2) is 5.78 Å². The van der Waals surface area contributed by atoms with Gasteiger partial charge in [-0.1, -0.05) is 54.6 Å². The number of amides is 1. The molecule has 0 heterocycles. The highest BCUT2D eigenvalue weighted by Crippen LogP contribution is 2.32. The van der Waals surface area contributed by atoms with Crippen LogP contribution in [0.15, 0.2) is 60.7 Å². The molecule has 0 aliphatic carbocycles. The normalized spacial score (nSPS) is 11.3. The number of fused-ring (bicyclic) bond motifs is 1. The van der Waals surface area contributed by atoms with Crippen molar-refractivity contribution in [1.82, 2.24) is 5.32 Å². The van der Waals surface area contributed by atoms with Gasteiger partial charge in [0.25, 0.3) is 5.91 Å². The average Bonchev–Trinajstić information content (AvgIpc) is 2.72. The van der Waals surface area contributed by atoms with Crippen LogP contribution < -0.4 is 10.1 Å². The monoisotopic (exact) mass is 407 g/mol. The van der Waals surface area contributed by atoms with Gasteiger partial charge in [0.05, 0.1) is 17.7 Å². The van der Waals surface area contributed by atoms with Crippen LogP contribution in [-0.2, 0) is 11.2 Å². The van der Waals surface area contributed by atoms with E-state index < -0.39 is 17.3 Å². The minimum atomic E-state index is -1.07. The van der Waals surface area contributed by atoms with Crippen molar-refractivity contribution in [2.24, 2.45) is 0 Å². The van der Waals surface area contributed by atoms with Crippen molar-refractivity contribution in [1.29, 1.82) is 0 Å². The van der Waals surface area contributed by atoms with Crippen LogP contribution in [0.1, 0.15) is 43.1 Å². The first-order valence-corrected chi connectivity index (χ1v) is 10.0. The van der Waals surface area contributed by atoms with E-state index in [0.717, 1.165) is 12.8 Å². The van der Waals surface area contributed by atoms with Crippen LogP contribution in [0.3, 0.4) is 0 Å². The van der Waals surface area contributed by atoms with Gasteiger partial charge in [-0.25, -0.2) is 4.39 Å². The maximum atomic E-state index is 14.7. The summed E-state index contributed by atoms with van der Waals surface area (Å²) < 4.78 is 20.7. The van der Waals surface area contributed by atoms with Crippen molar-refractivity contribution in [2.75, 3.05) is 6.61 Å². The van der Waals surface area contributed by atoms with E-state index in [1.165, 1.54) is 18.6 Å². The summed E-state index contributed by atoms with van der Waals surface area (Å²) in [6.45, 7) is 5.01. The van der Waals surface area contributed by atoms with Crippen LogP contribution in [0.2, 0.25) is 0 Å². The molecule has 0 fully saturated rings. The molecule has 3 aromatic rings. The predicted molar refractivity (Wildman–Crippen MR) is 116 cm³/mol. The lowest BCUT2D eigenvalue weighted by Gasteiger charge is -2.24. The largest absolute Gasteiger partial charge is 0.492 e. The molecule has 0 aromatic heterocycles. The van der Waals surface area contributed by atoms with Crippen LogP contribution in [0.4, 0.5) is 4.39 Å². The first-order valence-electron chi connectivity index (χ1n) is 10.0. The molecule has 1 amide bonds. The summed E-state index contributed by atoms with van der Waals surface area (Å²) in [5, 5.41) is 3.60. The Morgan fingerprint density at radius 1 is 1.00 bits per heavy atom. The van der Waals surface area contributed by atoms with Crippen molar-refractivity contribution in [2.45, 2.75) is 39.2 Å². The number of aryl methyl sites for hydroxylation is 1. The zero-order valence-corrected chi connectivity index (χ0v) is 17.5. The van der Waals surface area contributed by atoms with Crippen molar-refractivity contribution in [3.05, 3.63) is 77.6 Å². The molecular formula is C25H26FNO3. The SMILES string of the molecule is CC(=O)C(C)(C)NC(=O)c1cc(F)c2ccccc2c1OCCCc1ccccc1. The summed E-state index contributed by atoms with van der Waals surface area (Å²) in [4.78, 5) is 24.7. The highest BCUT2D eigenvalue weighted by atomic mass is 19.1. The summed E-state index contributed by atoms with van der Waals surface area (Å²) >= 11 is 0. The fourth-order valence-electron chi connectivity index (χ4n) is 3.16. The van der Waals surface area contributed by atoms with Crippen LogP contribution >= 0.6 is 0 Å². The van der Waals surface area contributed by atoms with Gasteiger partial charge >= 0.3 is 0 Å². The van der Waals surface area contributed by atoms with E-state index in [0.29, 0.717) is 23.1 Å². The van der Waals surface area contributed by atoms with E-state index in [1.54, 1.807) is 38.1 Å². The summed E-state index contributed by atoms with van der Waals surface area (Å²) in [6.07, 6.45) is 1.58. The van der Waals surface area contributed by atoms with Gasteiger partial charge < -0.3 is 10.1 Å². The number of hydrogen-bond donors (Lipinski definition) is 1. The number of nitrogens with one attached hydrogen (secondary N) is 1. The predicted octanol–water partition coefficient (Wildman–Crippen LogP) is 5.09. The molecule has 0 unspecified atom stereocenters. The maximum absolute atomic E-state index is 14.7. The van der Waals surface area contributed by atoms with E-state index in [1.807, 2.05) is 18.2 Å². The van der Waals surface area contributed by atoms with Gasteiger partial charge in [0, 0.05) is 10.8 Å². The highest BCUT2D eigenvalue weighted by Gasteiger charge is 2.28. The summed E-state index contributed by atoms with van der Waals surface area (Å²) in [7, 11) is 0. The van der Waals surface area contributed by atoms with Gasteiger partial charge in [-0.2, -0.15) is 0 Å². The van der Waals surface area contributed by atoms with Gasteiger partial charge in [-0.3, -0.25) is 9.59 Å². The Bertz CT molecular complexity index is 1060. The Morgan fingerprint density at radius 2 is 1.63 bits per heavy atom. The fourth-order valence-corrected chi connectivity index (χ4v) is 3.16. The summed E-state index contributed by atoms with van der Waals surface area (Å²) in [5.74, 6) is -0.912. The molecule has 0 saturated heterocycles. The molecule has 5 heteroatoms. The van der Waals surface area contributed by atoms with Crippen LogP contribution in [-0.4, -0.2) is 23.8 Å². The lowest BCUT2D eigenvalue weighted by atomic mass is 9.98. The van der Waals surface area contributed by atoms with E-state index in [-0.39, 0.29) is 11.3 Å². The average molecular weight is 407 g/mol. The lowest BCUT2D eigenvalue weighted by molar-refractivity contribution is -0.121. The number of benzene rings is 3. The highest BCUT2D eigenvalue weighted by molar-refractivity contribution is 6.05. The quantitative estimate of drug-likeness (QED) is 0.529. The summed E-state index contributed by atoms with van der Waals surface area (Å²) in [5.41, 5.74) is 0.218. The Hall–Kier alpha value is -3.21. The van der Waals surface area contributed by atoms with Crippen LogP contribution in [0.25, 0.3) is 10.8 Å². The second kappa shape index (κ2) is 9.08. The molecule has 0 aliphatic rings. The van der Waals surface area contributed by atoms with Gasteiger partial charge in [-0.05, 0) is 45.2 Å². The van der Waals surface area contributed by atoms with Gasteiger partial charge in [0.2, 0.25) is 0 Å². The van der Waals surface area contributed by atoms with E-state index in [2.05, 4.69) is 17.4 Å². The third kappa shape index (κ3) is 4.85.